The van der Waals surface area contributed by atoms with Gasteiger partial charge in [-0.25, -0.2) is 8.88 Å². The molecule has 2 unspecified atom stereocenters. The van der Waals surface area contributed by atoms with Crippen molar-refractivity contribution in [2.24, 2.45) is 0 Å². The van der Waals surface area contributed by atoms with Crippen LogP contribution in [0.5, 0.6) is 0 Å². The largest absolute Gasteiger partial charge is 0.476 e. The van der Waals surface area contributed by atoms with Gasteiger partial charge in [0.25, 0.3) is 0 Å². The van der Waals surface area contributed by atoms with Crippen LogP contribution in [-0.2, 0) is 13.4 Å². The lowest BCUT2D eigenvalue weighted by molar-refractivity contribution is 0.245. The van der Waals surface area contributed by atoms with E-state index in [1.807, 2.05) is 13.8 Å². The lowest BCUT2D eigenvalue weighted by Gasteiger charge is -2.32. The summed E-state index contributed by atoms with van der Waals surface area (Å²) in [6.45, 7) is 5.34. The second-order valence-electron chi connectivity index (χ2n) is 4.44. The molecular weight excluding hydrogens is 266 g/mol. The van der Waals surface area contributed by atoms with Crippen molar-refractivity contribution in [1.29, 1.82) is 0 Å². The van der Waals surface area contributed by atoms with Crippen molar-refractivity contribution in [1.82, 2.24) is 0 Å². The number of unbranched alkanes of at least 4 members (excludes halogenated alkanes) is 1. The van der Waals surface area contributed by atoms with Crippen molar-refractivity contribution in [2.45, 2.75) is 58.0 Å². The van der Waals surface area contributed by atoms with Gasteiger partial charge in [0.1, 0.15) is 0 Å². The Labute approximate surface area is 102 Å². The first-order valence-corrected chi connectivity index (χ1v) is 8.78. The first-order valence-electron chi connectivity index (χ1n) is 5.68. The number of hydrogen-bond acceptors (Lipinski definition) is 3. The minimum absolute atomic E-state index is 0.390. The third-order valence-corrected chi connectivity index (χ3v) is 6.30. The molecule has 17 heavy (non-hydrogen) atoms. The van der Waals surface area contributed by atoms with Gasteiger partial charge < -0.3 is 14.7 Å². The van der Waals surface area contributed by atoms with E-state index in [4.69, 9.17) is 9.79 Å². The average molecular weight is 288 g/mol. The Bertz CT molecular complexity index is 325. The molecule has 8 heteroatoms. The van der Waals surface area contributed by atoms with E-state index in [0.29, 0.717) is 25.7 Å². The van der Waals surface area contributed by atoms with Crippen LogP contribution in [0.15, 0.2) is 0 Å². The zero-order valence-corrected chi connectivity index (χ0v) is 12.3. The molecule has 0 heterocycles. The van der Waals surface area contributed by atoms with Crippen LogP contribution in [0, 0.1) is 0 Å². The third kappa shape index (κ3) is 5.64. The molecule has 104 valence electrons. The van der Waals surface area contributed by atoms with E-state index in [9.17, 15) is 14.0 Å². The first-order chi connectivity index (χ1) is 7.58. The van der Waals surface area contributed by atoms with Crippen molar-refractivity contribution in [3.8, 4) is 0 Å². The van der Waals surface area contributed by atoms with Crippen LogP contribution in [0.3, 0.4) is 0 Å². The fourth-order valence-corrected chi connectivity index (χ4v) is 4.64. The van der Waals surface area contributed by atoms with E-state index >= 15 is 0 Å². The molecule has 0 aliphatic heterocycles. The number of rotatable bonds is 8. The highest BCUT2D eigenvalue weighted by Crippen LogP contribution is 2.67. The molecule has 0 saturated heterocycles. The van der Waals surface area contributed by atoms with Gasteiger partial charge >= 0.3 is 15.4 Å². The van der Waals surface area contributed by atoms with E-state index < -0.39 is 20.6 Å². The van der Waals surface area contributed by atoms with Crippen LogP contribution < -0.4 is 0 Å². The van der Waals surface area contributed by atoms with Gasteiger partial charge in [0.05, 0.1) is 5.16 Å². The SMILES string of the molecule is CCCCC(C)(CCC)P(=O)(O)OP(=O)(O)O. The predicted molar refractivity (Wildman–Crippen MR) is 65.8 cm³/mol. The minimum Gasteiger partial charge on any atom is -0.324 e. The van der Waals surface area contributed by atoms with Gasteiger partial charge in [-0.2, -0.15) is 0 Å². The fourth-order valence-electron chi connectivity index (χ4n) is 1.75. The maximum atomic E-state index is 12.0. The number of phosphoric acid groups is 1. The monoisotopic (exact) mass is 288 g/mol. The first kappa shape index (κ1) is 17.3. The van der Waals surface area contributed by atoms with E-state index in [1.54, 1.807) is 6.92 Å². The van der Waals surface area contributed by atoms with Gasteiger partial charge in [0.15, 0.2) is 0 Å². The van der Waals surface area contributed by atoms with Crippen molar-refractivity contribution in [3.63, 3.8) is 0 Å². The molecule has 0 bridgehead atoms. The average Bonchev–Trinajstić information content (AvgIpc) is 2.11. The second-order valence-corrected chi connectivity index (χ2v) is 8.20. The summed E-state index contributed by atoms with van der Waals surface area (Å²) in [5.41, 5.74) is 0. The highest BCUT2D eigenvalue weighted by Gasteiger charge is 2.47. The normalized spacial score (nSPS) is 19.6. The Morgan fingerprint density at radius 1 is 1.06 bits per heavy atom. The van der Waals surface area contributed by atoms with Crippen molar-refractivity contribution in [2.75, 3.05) is 0 Å². The molecule has 0 saturated carbocycles. The quantitative estimate of drug-likeness (QED) is 0.593. The summed E-state index contributed by atoms with van der Waals surface area (Å²) in [6, 6.07) is 0. The maximum absolute atomic E-state index is 12.0. The van der Waals surface area contributed by atoms with Crippen molar-refractivity contribution >= 4 is 15.4 Å². The van der Waals surface area contributed by atoms with Gasteiger partial charge in [0, 0.05) is 0 Å². The van der Waals surface area contributed by atoms with E-state index in [0.717, 1.165) is 6.42 Å². The Morgan fingerprint density at radius 3 is 1.94 bits per heavy atom. The minimum atomic E-state index is -4.95. The zero-order valence-electron chi connectivity index (χ0n) is 10.5. The van der Waals surface area contributed by atoms with Crippen LogP contribution in [-0.4, -0.2) is 19.8 Å². The van der Waals surface area contributed by atoms with E-state index in [2.05, 4.69) is 4.31 Å². The van der Waals surface area contributed by atoms with Crippen molar-refractivity contribution < 1.29 is 28.1 Å². The lowest BCUT2D eigenvalue weighted by atomic mass is 9.98. The van der Waals surface area contributed by atoms with Gasteiger partial charge in [-0.15, -0.1) is 0 Å². The standard InChI is InChI=1S/C9H22O6P2/c1-4-6-8-9(3,7-5-2)16(10,11)15-17(12,13)14/h4-8H2,1-3H3,(H,10,11)(H2,12,13,14). The van der Waals surface area contributed by atoms with E-state index in [-0.39, 0.29) is 0 Å². The number of hydrogen-bond donors (Lipinski definition) is 3. The molecule has 0 spiro atoms. The molecule has 0 rings (SSSR count). The Morgan fingerprint density at radius 2 is 1.59 bits per heavy atom. The summed E-state index contributed by atoms with van der Waals surface area (Å²) in [5.74, 6) is 0. The van der Waals surface area contributed by atoms with E-state index in [1.165, 1.54) is 0 Å². The summed E-state index contributed by atoms with van der Waals surface area (Å²) in [4.78, 5) is 27.1. The summed E-state index contributed by atoms with van der Waals surface area (Å²) < 4.78 is 26.8. The maximum Gasteiger partial charge on any atom is 0.476 e. The third-order valence-electron chi connectivity index (χ3n) is 2.76. The van der Waals surface area contributed by atoms with Gasteiger partial charge in [-0.05, 0) is 19.8 Å². The van der Waals surface area contributed by atoms with Crippen LogP contribution in [0.25, 0.3) is 0 Å². The molecular formula is C9H22O6P2. The van der Waals surface area contributed by atoms with Gasteiger partial charge in [-0.3, -0.25) is 4.57 Å². The van der Waals surface area contributed by atoms with Gasteiger partial charge in [-0.1, -0.05) is 33.1 Å². The molecule has 0 amide bonds. The lowest BCUT2D eigenvalue weighted by Crippen LogP contribution is -2.25. The highest BCUT2D eigenvalue weighted by molar-refractivity contribution is 7.64. The Kier molecular flexibility index (Phi) is 6.58. The summed E-state index contributed by atoms with van der Waals surface area (Å²) in [5, 5.41) is -1.10. The molecule has 0 aliphatic rings. The summed E-state index contributed by atoms with van der Waals surface area (Å²) in [6.07, 6.45) is 3.00. The summed E-state index contributed by atoms with van der Waals surface area (Å²) >= 11 is 0. The molecule has 0 aromatic carbocycles. The molecule has 0 aromatic rings. The molecule has 3 N–H and O–H groups in total. The molecule has 2 atom stereocenters. The predicted octanol–water partition coefficient (Wildman–Crippen LogP) is 3.03. The van der Waals surface area contributed by atoms with Gasteiger partial charge in [0.2, 0.25) is 0 Å². The summed E-state index contributed by atoms with van der Waals surface area (Å²) in [7, 11) is -9.30. The second kappa shape index (κ2) is 6.46. The van der Waals surface area contributed by atoms with Crippen LogP contribution >= 0.6 is 15.4 Å². The van der Waals surface area contributed by atoms with Crippen molar-refractivity contribution in [3.05, 3.63) is 0 Å². The Hall–Kier alpha value is 0.300. The molecule has 0 fully saturated rings. The highest BCUT2D eigenvalue weighted by atomic mass is 31.3. The molecule has 0 aliphatic carbocycles. The molecule has 6 nitrogen and oxygen atoms in total. The molecule has 0 radical (unpaired) electrons. The Balaban J connectivity index is 5.01. The zero-order chi connectivity index (χ0) is 13.7. The molecule has 0 aromatic heterocycles. The van der Waals surface area contributed by atoms with Crippen LogP contribution in [0.1, 0.15) is 52.9 Å². The smallest absolute Gasteiger partial charge is 0.324 e. The van der Waals surface area contributed by atoms with Crippen LogP contribution in [0.2, 0.25) is 0 Å². The topological polar surface area (TPSA) is 104 Å². The van der Waals surface area contributed by atoms with Crippen LogP contribution in [0.4, 0.5) is 0 Å². The fraction of sp³-hybridized carbons (Fsp3) is 1.00.